The zero-order valence-electron chi connectivity index (χ0n) is 9.42. The second-order valence-electron chi connectivity index (χ2n) is 3.44. The minimum absolute atomic E-state index is 0.0403. The second-order valence-corrected chi connectivity index (χ2v) is 3.44. The van der Waals surface area contributed by atoms with Gasteiger partial charge in [0.2, 0.25) is 5.91 Å². The third-order valence-electron chi connectivity index (χ3n) is 2.16. The first kappa shape index (κ1) is 12.3. The Hall–Kier alpha value is -1.79. The van der Waals surface area contributed by atoms with Gasteiger partial charge in [-0.25, -0.2) is 0 Å². The lowest BCUT2D eigenvalue weighted by Gasteiger charge is -2.09. The third-order valence-corrected chi connectivity index (χ3v) is 2.16. The van der Waals surface area contributed by atoms with Crippen LogP contribution in [-0.4, -0.2) is 13.0 Å². The number of anilines is 1. The van der Waals surface area contributed by atoms with Crippen molar-refractivity contribution in [1.29, 1.82) is 0 Å². The molecule has 0 radical (unpaired) electrons. The van der Waals surface area contributed by atoms with E-state index in [0.717, 1.165) is 17.8 Å². The van der Waals surface area contributed by atoms with Crippen LogP contribution in [0.2, 0.25) is 0 Å². The highest BCUT2D eigenvalue weighted by atomic mass is 16.1. The predicted molar refractivity (Wildman–Crippen MR) is 65.9 cm³/mol. The molecule has 0 fully saturated rings. The summed E-state index contributed by atoms with van der Waals surface area (Å²) >= 11 is 0. The van der Waals surface area contributed by atoms with Crippen molar-refractivity contribution in [3.05, 3.63) is 29.8 Å². The van der Waals surface area contributed by atoms with Crippen LogP contribution in [0.15, 0.2) is 24.3 Å². The molecule has 16 heavy (non-hydrogen) atoms. The Morgan fingerprint density at radius 2 is 2.19 bits per heavy atom. The molecule has 0 atom stereocenters. The van der Waals surface area contributed by atoms with Crippen molar-refractivity contribution in [3.8, 4) is 12.3 Å². The van der Waals surface area contributed by atoms with Crippen LogP contribution in [0.4, 0.5) is 5.69 Å². The van der Waals surface area contributed by atoms with E-state index < -0.39 is 0 Å². The fraction of sp³-hybridized carbons (Fsp3) is 0.308. The van der Waals surface area contributed by atoms with Gasteiger partial charge in [0.05, 0.1) is 0 Å². The molecule has 0 unspecified atom stereocenters. The normalized spacial score (nSPS) is 9.50. The maximum Gasteiger partial charge on any atom is 0.225 e. The van der Waals surface area contributed by atoms with Crippen molar-refractivity contribution in [2.24, 2.45) is 0 Å². The summed E-state index contributed by atoms with van der Waals surface area (Å²) in [6, 6.07) is 7.72. The van der Waals surface area contributed by atoms with E-state index in [1.165, 1.54) is 0 Å². The summed E-state index contributed by atoms with van der Waals surface area (Å²) in [4.78, 5) is 11.5. The molecule has 3 heteroatoms. The van der Waals surface area contributed by atoms with Crippen molar-refractivity contribution >= 4 is 11.6 Å². The van der Waals surface area contributed by atoms with Crippen LogP contribution in [0.25, 0.3) is 0 Å². The van der Waals surface area contributed by atoms with Crippen LogP contribution in [-0.2, 0) is 11.3 Å². The number of para-hydroxylation sites is 1. The molecule has 0 bridgehead atoms. The van der Waals surface area contributed by atoms with Gasteiger partial charge < -0.3 is 10.6 Å². The Labute approximate surface area is 96.2 Å². The summed E-state index contributed by atoms with van der Waals surface area (Å²) < 4.78 is 0. The molecule has 0 heterocycles. The van der Waals surface area contributed by atoms with Crippen LogP contribution in [0.1, 0.15) is 18.4 Å². The van der Waals surface area contributed by atoms with E-state index >= 15 is 0 Å². The fourth-order valence-electron chi connectivity index (χ4n) is 1.39. The predicted octanol–water partition coefficient (Wildman–Crippen LogP) is 1.76. The standard InChI is InChI=1S/C13H16N2O/c1-3-4-9-13(16)15-12-8-6-5-7-11(12)10-14-2/h1,5-8,14H,4,9-10H2,2H3,(H,15,16). The largest absolute Gasteiger partial charge is 0.326 e. The Bertz CT molecular complexity index is 393. The number of amides is 1. The summed E-state index contributed by atoms with van der Waals surface area (Å²) in [5, 5.41) is 5.91. The van der Waals surface area contributed by atoms with Crippen molar-refractivity contribution in [2.45, 2.75) is 19.4 Å². The molecule has 0 aromatic heterocycles. The molecule has 0 spiro atoms. The highest BCUT2D eigenvalue weighted by Gasteiger charge is 2.04. The van der Waals surface area contributed by atoms with E-state index in [-0.39, 0.29) is 5.91 Å². The minimum Gasteiger partial charge on any atom is -0.326 e. The summed E-state index contributed by atoms with van der Waals surface area (Å²) in [6.07, 6.45) is 5.95. The monoisotopic (exact) mass is 216 g/mol. The lowest BCUT2D eigenvalue weighted by Crippen LogP contribution is -2.14. The number of carbonyl (C=O) groups excluding carboxylic acids is 1. The zero-order chi connectivity index (χ0) is 11.8. The SMILES string of the molecule is C#CCCC(=O)Nc1ccccc1CNC. The molecule has 0 aliphatic carbocycles. The molecule has 0 aliphatic heterocycles. The number of carbonyl (C=O) groups is 1. The number of hydrogen-bond acceptors (Lipinski definition) is 2. The molecule has 3 nitrogen and oxygen atoms in total. The number of hydrogen-bond donors (Lipinski definition) is 2. The van der Waals surface area contributed by atoms with Gasteiger partial charge in [-0.3, -0.25) is 4.79 Å². The smallest absolute Gasteiger partial charge is 0.225 e. The first-order chi connectivity index (χ1) is 7.77. The van der Waals surface area contributed by atoms with Gasteiger partial charge in [0.25, 0.3) is 0 Å². The Morgan fingerprint density at radius 3 is 2.88 bits per heavy atom. The molecule has 1 aromatic rings. The maximum atomic E-state index is 11.5. The molecular formula is C13H16N2O. The number of terminal acetylenes is 1. The molecule has 2 N–H and O–H groups in total. The van der Waals surface area contributed by atoms with Crippen molar-refractivity contribution < 1.29 is 4.79 Å². The van der Waals surface area contributed by atoms with E-state index in [2.05, 4.69) is 16.6 Å². The molecular weight excluding hydrogens is 200 g/mol. The maximum absolute atomic E-state index is 11.5. The number of benzene rings is 1. The van der Waals surface area contributed by atoms with Crippen molar-refractivity contribution in [2.75, 3.05) is 12.4 Å². The lowest BCUT2D eigenvalue weighted by molar-refractivity contribution is -0.116. The van der Waals surface area contributed by atoms with Gasteiger partial charge in [-0.05, 0) is 18.7 Å². The molecule has 1 amide bonds. The van der Waals surface area contributed by atoms with E-state index in [0.29, 0.717) is 12.8 Å². The van der Waals surface area contributed by atoms with Gasteiger partial charge in [0, 0.05) is 25.1 Å². The van der Waals surface area contributed by atoms with Crippen LogP contribution < -0.4 is 10.6 Å². The molecule has 0 aliphatic rings. The summed E-state index contributed by atoms with van der Waals surface area (Å²) in [5.74, 6) is 2.41. The van der Waals surface area contributed by atoms with Crippen LogP contribution in [0.5, 0.6) is 0 Å². The summed E-state index contributed by atoms with van der Waals surface area (Å²) in [5.41, 5.74) is 1.91. The minimum atomic E-state index is -0.0403. The highest BCUT2D eigenvalue weighted by molar-refractivity contribution is 5.91. The fourth-order valence-corrected chi connectivity index (χ4v) is 1.39. The van der Waals surface area contributed by atoms with E-state index in [4.69, 9.17) is 6.42 Å². The average Bonchev–Trinajstić information content (AvgIpc) is 2.29. The van der Waals surface area contributed by atoms with Gasteiger partial charge in [0.15, 0.2) is 0 Å². The first-order valence-electron chi connectivity index (χ1n) is 5.23. The van der Waals surface area contributed by atoms with Gasteiger partial charge in [0.1, 0.15) is 0 Å². The van der Waals surface area contributed by atoms with Crippen molar-refractivity contribution in [1.82, 2.24) is 5.32 Å². The Balaban J connectivity index is 2.65. The third kappa shape index (κ3) is 3.76. The molecule has 0 saturated carbocycles. The van der Waals surface area contributed by atoms with Gasteiger partial charge >= 0.3 is 0 Å². The average molecular weight is 216 g/mol. The zero-order valence-corrected chi connectivity index (χ0v) is 9.42. The topological polar surface area (TPSA) is 41.1 Å². The van der Waals surface area contributed by atoms with Crippen LogP contribution >= 0.6 is 0 Å². The van der Waals surface area contributed by atoms with E-state index in [1.807, 2.05) is 31.3 Å². The number of nitrogens with one attached hydrogen (secondary N) is 2. The van der Waals surface area contributed by atoms with Crippen LogP contribution in [0, 0.1) is 12.3 Å². The van der Waals surface area contributed by atoms with Crippen LogP contribution in [0.3, 0.4) is 0 Å². The van der Waals surface area contributed by atoms with E-state index in [1.54, 1.807) is 0 Å². The molecule has 1 rings (SSSR count). The molecule has 1 aromatic carbocycles. The Kier molecular flexibility index (Phi) is 5.10. The summed E-state index contributed by atoms with van der Waals surface area (Å²) in [6.45, 7) is 0.728. The lowest BCUT2D eigenvalue weighted by atomic mass is 10.1. The highest BCUT2D eigenvalue weighted by Crippen LogP contribution is 2.14. The van der Waals surface area contributed by atoms with Gasteiger partial charge in [-0.2, -0.15) is 0 Å². The molecule has 84 valence electrons. The molecule has 0 saturated heterocycles. The quantitative estimate of drug-likeness (QED) is 0.736. The van der Waals surface area contributed by atoms with E-state index in [9.17, 15) is 4.79 Å². The van der Waals surface area contributed by atoms with Gasteiger partial charge in [-0.15, -0.1) is 12.3 Å². The first-order valence-corrected chi connectivity index (χ1v) is 5.23. The second kappa shape index (κ2) is 6.65. The van der Waals surface area contributed by atoms with Gasteiger partial charge in [-0.1, -0.05) is 18.2 Å². The Morgan fingerprint density at radius 1 is 1.44 bits per heavy atom. The summed E-state index contributed by atoms with van der Waals surface area (Å²) in [7, 11) is 1.87. The number of rotatable bonds is 5. The van der Waals surface area contributed by atoms with Crippen molar-refractivity contribution in [3.63, 3.8) is 0 Å².